The van der Waals surface area contributed by atoms with Crippen LogP contribution < -0.4 is 5.56 Å². The van der Waals surface area contributed by atoms with Gasteiger partial charge in [-0.3, -0.25) is 9.59 Å². The molecule has 0 aliphatic heterocycles. The molecule has 1 N–H and O–H groups in total. The normalized spacial score (nSPS) is 11.1. The Labute approximate surface area is 179 Å². The van der Waals surface area contributed by atoms with E-state index in [1.165, 1.54) is 16.2 Å². The van der Waals surface area contributed by atoms with Crippen molar-refractivity contribution in [3.05, 3.63) is 67.6 Å². The number of H-pyrrole nitrogens is 1. The average Bonchev–Trinajstić information content (AvgIpc) is 3.29. The van der Waals surface area contributed by atoms with Crippen LogP contribution in [0.2, 0.25) is 5.15 Å². The zero-order valence-corrected chi connectivity index (χ0v) is 18.1. The number of nitrogens with one attached hydrogen (secondary N) is 1. The number of pyridine rings is 1. The van der Waals surface area contributed by atoms with Crippen LogP contribution in [0.25, 0.3) is 20.7 Å². The molecule has 148 valence electrons. The first kappa shape index (κ1) is 19.8. The second kappa shape index (κ2) is 8.06. The van der Waals surface area contributed by atoms with Gasteiger partial charge in [0.15, 0.2) is 0 Å². The minimum absolute atomic E-state index is 0.0219. The van der Waals surface area contributed by atoms with Crippen LogP contribution in [0.4, 0.5) is 0 Å². The summed E-state index contributed by atoms with van der Waals surface area (Å²) in [6.45, 7) is 2.43. The molecule has 1 amide bonds. The Balaban J connectivity index is 1.54. The second-order valence-corrected chi connectivity index (χ2v) is 9.20. The van der Waals surface area contributed by atoms with Crippen molar-refractivity contribution in [2.45, 2.75) is 19.9 Å². The summed E-state index contributed by atoms with van der Waals surface area (Å²) in [5.41, 5.74) is 1.54. The van der Waals surface area contributed by atoms with Gasteiger partial charge < -0.3 is 9.88 Å². The van der Waals surface area contributed by atoms with E-state index in [0.29, 0.717) is 27.7 Å². The predicted molar refractivity (Wildman–Crippen MR) is 118 cm³/mol. The van der Waals surface area contributed by atoms with Crippen molar-refractivity contribution in [1.29, 1.82) is 0 Å². The molecule has 9 heteroatoms. The number of hydrogen-bond acceptors (Lipinski definition) is 6. The molecule has 0 bridgehead atoms. The van der Waals surface area contributed by atoms with E-state index in [2.05, 4.69) is 15.0 Å². The lowest BCUT2D eigenvalue weighted by atomic mass is 10.2. The third-order valence-corrected chi connectivity index (χ3v) is 6.58. The molecule has 0 atom stereocenters. The number of aromatic nitrogens is 3. The van der Waals surface area contributed by atoms with Crippen molar-refractivity contribution in [1.82, 2.24) is 19.9 Å². The Morgan fingerprint density at radius 2 is 2.10 bits per heavy atom. The van der Waals surface area contributed by atoms with Crippen LogP contribution in [0, 0.1) is 6.92 Å². The molecule has 4 rings (SSSR count). The lowest BCUT2D eigenvalue weighted by molar-refractivity contribution is -0.129. The number of aryl methyl sites for hydroxylation is 1. The van der Waals surface area contributed by atoms with Crippen LogP contribution in [0.5, 0.6) is 0 Å². The Kier molecular flexibility index (Phi) is 5.49. The molecular formula is C20H17ClN4O2S2. The first-order chi connectivity index (χ1) is 13.9. The van der Waals surface area contributed by atoms with E-state index in [-0.39, 0.29) is 17.9 Å². The molecule has 29 heavy (non-hydrogen) atoms. The Morgan fingerprint density at radius 1 is 1.28 bits per heavy atom. The van der Waals surface area contributed by atoms with Crippen molar-refractivity contribution >= 4 is 50.4 Å². The Morgan fingerprint density at radius 3 is 2.79 bits per heavy atom. The van der Waals surface area contributed by atoms with Gasteiger partial charge in [0.1, 0.15) is 15.8 Å². The van der Waals surface area contributed by atoms with Crippen LogP contribution in [-0.2, 0) is 17.8 Å². The fraction of sp³-hybridized carbons (Fsp3) is 0.200. The fourth-order valence-corrected chi connectivity index (χ4v) is 5.01. The van der Waals surface area contributed by atoms with Gasteiger partial charge in [0, 0.05) is 40.5 Å². The van der Waals surface area contributed by atoms with E-state index >= 15 is 0 Å². The van der Waals surface area contributed by atoms with Crippen molar-refractivity contribution in [3.8, 4) is 10.4 Å². The van der Waals surface area contributed by atoms with E-state index in [4.69, 9.17) is 11.6 Å². The van der Waals surface area contributed by atoms with Gasteiger partial charge in [-0.15, -0.1) is 22.7 Å². The summed E-state index contributed by atoms with van der Waals surface area (Å²) in [4.78, 5) is 41.0. The van der Waals surface area contributed by atoms with E-state index in [0.717, 1.165) is 16.0 Å². The minimum Gasteiger partial charge on any atom is -0.341 e. The predicted octanol–water partition coefficient (Wildman–Crippen LogP) is 4.27. The van der Waals surface area contributed by atoms with Gasteiger partial charge in [0.2, 0.25) is 5.91 Å². The monoisotopic (exact) mass is 444 g/mol. The summed E-state index contributed by atoms with van der Waals surface area (Å²) >= 11 is 8.85. The number of thiophene rings is 2. The van der Waals surface area contributed by atoms with Gasteiger partial charge in [-0.25, -0.2) is 9.97 Å². The smallest absolute Gasteiger partial charge is 0.260 e. The summed E-state index contributed by atoms with van der Waals surface area (Å²) in [6.07, 6.45) is 1.66. The van der Waals surface area contributed by atoms with Crippen molar-refractivity contribution in [2.24, 2.45) is 0 Å². The molecule has 4 heterocycles. The standard InChI is InChI=1S/C20H17ClN4O2S2/c1-11-3-5-14(29-11)13-10-28-20-18(13)19(27)23-16(24-20)7-17(26)25(2)9-12-4-6-15(21)22-8-12/h3-6,8,10H,7,9H2,1-2H3,(H,23,24,27). The number of hydrogen-bond donors (Lipinski definition) is 1. The maximum absolute atomic E-state index is 12.7. The summed E-state index contributed by atoms with van der Waals surface area (Å²) in [6, 6.07) is 7.56. The molecule has 0 fully saturated rings. The van der Waals surface area contributed by atoms with Gasteiger partial charge in [-0.1, -0.05) is 17.7 Å². The number of carbonyl (C=O) groups is 1. The maximum atomic E-state index is 12.7. The Hall–Kier alpha value is -2.55. The molecule has 0 saturated carbocycles. The van der Waals surface area contributed by atoms with E-state index in [1.807, 2.05) is 30.5 Å². The molecule has 0 spiro atoms. The highest BCUT2D eigenvalue weighted by Crippen LogP contribution is 2.34. The van der Waals surface area contributed by atoms with Crippen molar-refractivity contribution < 1.29 is 4.79 Å². The summed E-state index contributed by atoms with van der Waals surface area (Å²) in [7, 11) is 1.70. The molecule has 0 saturated heterocycles. The van der Waals surface area contributed by atoms with Crippen molar-refractivity contribution in [3.63, 3.8) is 0 Å². The highest BCUT2D eigenvalue weighted by Gasteiger charge is 2.17. The molecule has 0 aliphatic rings. The zero-order valence-electron chi connectivity index (χ0n) is 15.7. The minimum atomic E-state index is -0.218. The summed E-state index contributed by atoms with van der Waals surface area (Å²) < 4.78 is 0. The van der Waals surface area contributed by atoms with E-state index in [1.54, 1.807) is 35.5 Å². The average molecular weight is 445 g/mol. The number of carbonyl (C=O) groups excluding carboxylic acids is 1. The number of amides is 1. The highest BCUT2D eigenvalue weighted by atomic mass is 35.5. The van der Waals surface area contributed by atoms with Gasteiger partial charge >= 0.3 is 0 Å². The quantitative estimate of drug-likeness (QED) is 0.466. The van der Waals surface area contributed by atoms with Gasteiger partial charge in [0.05, 0.1) is 11.8 Å². The molecule has 0 aromatic carbocycles. The van der Waals surface area contributed by atoms with Crippen LogP contribution in [0.3, 0.4) is 0 Å². The van der Waals surface area contributed by atoms with Gasteiger partial charge in [-0.2, -0.15) is 0 Å². The zero-order chi connectivity index (χ0) is 20.5. The fourth-order valence-electron chi connectivity index (χ4n) is 2.98. The van der Waals surface area contributed by atoms with E-state index < -0.39 is 0 Å². The SMILES string of the molecule is Cc1ccc(-c2csc3nc(CC(=O)N(C)Cc4ccc(Cl)nc4)[nH]c(=O)c23)s1. The van der Waals surface area contributed by atoms with Crippen molar-refractivity contribution in [2.75, 3.05) is 7.05 Å². The molecule has 4 aromatic rings. The largest absolute Gasteiger partial charge is 0.341 e. The van der Waals surface area contributed by atoms with Crippen LogP contribution in [-0.4, -0.2) is 32.8 Å². The maximum Gasteiger partial charge on any atom is 0.260 e. The molecule has 0 aliphatic carbocycles. The number of likely N-dealkylation sites (N-methyl/N-ethyl adjacent to an activating group) is 1. The molecule has 4 aromatic heterocycles. The number of rotatable bonds is 5. The first-order valence-corrected chi connectivity index (χ1v) is 10.9. The lowest BCUT2D eigenvalue weighted by Gasteiger charge is -2.16. The number of fused-ring (bicyclic) bond motifs is 1. The Bertz CT molecular complexity index is 1240. The summed E-state index contributed by atoms with van der Waals surface area (Å²) in [5.74, 6) is 0.220. The van der Waals surface area contributed by atoms with Crippen LogP contribution >= 0.6 is 34.3 Å². The van der Waals surface area contributed by atoms with Gasteiger partial charge in [0.25, 0.3) is 5.56 Å². The summed E-state index contributed by atoms with van der Waals surface area (Å²) in [5, 5.41) is 2.93. The molecule has 0 radical (unpaired) electrons. The number of aromatic amines is 1. The lowest BCUT2D eigenvalue weighted by Crippen LogP contribution is -2.29. The molecule has 6 nitrogen and oxygen atoms in total. The van der Waals surface area contributed by atoms with Crippen LogP contribution in [0.1, 0.15) is 16.3 Å². The van der Waals surface area contributed by atoms with E-state index in [9.17, 15) is 9.59 Å². The second-order valence-electron chi connectivity index (χ2n) is 6.67. The first-order valence-electron chi connectivity index (χ1n) is 8.82. The topological polar surface area (TPSA) is 79.0 Å². The number of halogens is 1. The van der Waals surface area contributed by atoms with Crippen LogP contribution in [0.15, 0.2) is 40.6 Å². The third-order valence-electron chi connectivity index (χ3n) is 4.45. The number of nitrogens with zero attached hydrogens (tertiary/aromatic N) is 3. The molecular weight excluding hydrogens is 428 g/mol. The van der Waals surface area contributed by atoms with Gasteiger partial charge in [-0.05, 0) is 30.7 Å². The highest BCUT2D eigenvalue weighted by molar-refractivity contribution is 7.19. The molecule has 0 unspecified atom stereocenters. The third kappa shape index (κ3) is 4.24.